The standard InChI is InChI=1S/C11H14N2O3/c1-4-13(2)10(14)8-6-5-7-9(12-8)11(15)16-3/h5-7H,4H2,1-3H3. The highest BCUT2D eigenvalue weighted by Crippen LogP contribution is 2.03. The van der Waals surface area contributed by atoms with E-state index in [4.69, 9.17) is 0 Å². The van der Waals surface area contributed by atoms with E-state index in [0.717, 1.165) is 0 Å². The molecule has 0 saturated carbocycles. The zero-order valence-electron chi connectivity index (χ0n) is 9.56. The van der Waals surface area contributed by atoms with Crippen molar-refractivity contribution < 1.29 is 14.3 Å². The van der Waals surface area contributed by atoms with Crippen LogP contribution in [0.5, 0.6) is 0 Å². The molecule has 0 unspecified atom stereocenters. The smallest absolute Gasteiger partial charge is 0.356 e. The van der Waals surface area contributed by atoms with Gasteiger partial charge in [0.1, 0.15) is 11.4 Å². The molecule has 5 heteroatoms. The van der Waals surface area contributed by atoms with Crippen LogP contribution in [0.1, 0.15) is 27.9 Å². The molecule has 0 radical (unpaired) electrons. The minimum Gasteiger partial charge on any atom is -0.464 e. The minimum atomic E-state index is -0.547. The highest BCUT2D eigenvalue weighted by molar-refractivity contribution is 5.94. The molecule has 0 aliphatic rings. The van der Waals surface area contributed by atoms with Crippen LogP contribution in [-0.4, -0.2) is 42.5 Å². The van der Waals surface area contributed by atoms with Crippen LogP contribution in [0.15, 0.2) is 18.2 Å². The Bertz CT molecular complexity index is 404. The van der Waals surface area contributed by atoms with Gasteiger partial charge in [-0.25, -0.2) is 9.78 Å². The number of pyridine rings is 1. The summed E-state index contributed by atoms with van der Waals surface area (Å²) in [5.41, 5.74) is 0.380. The largest absolute Gasteiger partial charge is 0.464 e. The first-order valence-electron chi connectivity index (χ1n) is 4.91. The second kappa shape index (κ2) is 5.25. The summed E-state index contributed by atoms with van der Waals surface area (Å²) in [7, 11) is 2.95. The average molecular weight is 222 g/mol. The molecule has 1 aromatic rings. The molecule has 0 saturated heterocycles. The zero-order chi connectivity index (χ0) is 12.1. The lowest BCUT2D eigenvalue weighted by Crippen LogP contribution is -2.27. The molecular formula is C11H14N2O3. The first-order chi connectivity index (χ1) is 7.60. The van der Waals surface area contributed by atoms with E-state index in [0.29, 0.717) is 6.54 Å². The second-order valence-corrected chi connectivity index (χ2v) is 3.22. The number of carbonyl (C=O) groups excluding carboxylic acids is 2. The van der Waals surface area contributed by atoms with Crippen molar-refractivity contribution in [2.24, 2.45) is 0 Å². The van der Waals surface area contributed by atoms with Crippen LogP contribution < -0.4 is 0 Å². The highest BCUT2D eigenvalue weighted by Gasteiger charge is 2.14. The van der Waals surface area contributed by atoms with E-state index in [-0.39, 0.29) is 17.3 Å². The van der Waals surface area contributed by atoms with Crippen LogP contribution in [0.3, 0.4) is 0 Å². The summed E-state index contributed by atoms with van der Waals surface area (Å²) in [6.07, 6.45) is 0. The van der Waals surface area contributed by atoms with Gasteiger partial charge in [0.2, 0.25) is 0 Å². The molecule has 0 atom stereocenters. The predicted molar refractivity (Wildman–Crippen MR) is 58.2 cm³/mol. The summed E-state index contributed by atoms with van der Waals surface area (Å²) in [6, 6.07) is 4.69. The first-order valence-corrected chi connectivity index (χ1v) is 4.91. The molecule has 1 amide bonds. The Kier molecular flexibility index (Phi) is 3.99. The summed E-state index contributed by atoms with van der Waals surface area (Å²) in [6.45, 7) is 2.45. The van der Waals surface area contributed by atoms with E-state index in [1.807, 2.05) is 6.92 Å². The molecule has 0 N–H and O–H groups in total. The molecule has 0 spiro atoms. The lowest BCUT2D eigenvalue weighted by atomic mass is 10.3. The summed E-state index contributed by atoms with van der Waals surface area (Å²) in [5, 5.41) is 0. The van der Waals surface area contributed by atoms with Crippen LogP contribution in [-0.2, 0) is 4.74 Å². The van der Waals surface area contributed by atoms with Gasteiger partial charge in [0.15, 0.2) is 0 Å². The molecule has 86 valence electrons. The van der Waals surface area contributed by atoms with Gasteiger partial charge < -0.3 is 9.64 Å². The minimum absolute atomic E-state index is 0.137. The third-order valence-electron chi connectivity index (χ3n) is 2.18. The Balaban J connectivity index is 2.99. The topological polar surface area (TPSA) is 59.5 Å². The fraction of sp³-hybridized carbons (Fsp3) is 0.364. The maximum Gasteiger partial charge on any atom is 0.356 e. The number of hydrogen-bond donors (Lipinski definition) is 0. The molecule has 0 aromatic carbocycles. The summed E-state index contributed by atoms with van der Waals surface area (Å²) in [4.78, 5) is 28.4. The van der Waals surface area contributed by atoms with Crippen LogP contribution in [0.2, 0.25) is 0 Å². The zero-order valence-corrected chi connectivity index (χ0v) is 9.56. The maximum absolute atomic E-state index is 11.8. The SMILES string of the molecule is CCN(C)C(=O)c1cccc(C(=O)OC)n1. The van der Waals surface area contributed by atoms with E-state index in [1.165, 1.54) is 18.1 Å². The molecule has 16 heavy (non-hydrogen) atoms. The van der Waals surface area contributed by atoms with Gasteiger partial charge in [-0.05, 0) is 19.1 Å². The quantitative estimate of drug-likeness (QED) is 0.715. The van der Waals surface area contributed by atoms with Crippen molar-refractivity contribution in [1.82, 2.24) is 9.88 Å². The number of nitrogens with zero attached hydrogens (tertiary/aromatic N) is 2. The first kappa shape index (κ1) is 12.2. The Hall–Kier alpha value is -1.91. The van der Waals surface area contributed by atoms with Gasteiger partial charge in [-0.2, -0.15) is 0 Å². The van der Waals surface area contributed by atoms with Crippen LogP contribution >= 0.6 is 0 Å². The number of methoxy groups -OCH3 is 1. The number of hydrogen-bond acceptors (Lipinski definition) is 4. The van der Waals surface area contributed by atoms with Gasteiger partial charge in [-0.15, -0.1) is 0 Å². The number of esters is 1. The van der Waals surface area contributed by atoms with Crippen LogP contribution in [0.4, 0.5) is 0 Å². The van der Waals surface area contributed by atoms with Gasteiger partial charge in [0, 0.05) is 13.6 Å². The van der Waals surface area contributed by atoms with Crippen molar-refractivity contribution in [3.8, 4) is 0 Å². The summed E-state index contributed by atoms with van der Waals surface area (Å²) in [5.74, 6) is -0.762. The van der Waals surface area contributed by atoms with Gasteiger partial charge in [-0.3, -0.25) is 4.79 Å². The van der Waals surface area contributed by atoms with Gasteiger partial charge in [-0.1, -0.05) is 6.07 Å². The lowest BCUT2D eigenvalue weighted by Gasteiger charge is -2.13. The van der Waals surface area contributed by atoms with Crippen molar-refractivity contribution in [1.29, 1.82) is 0 Å². The van der Waals surface area contributed by atoms with Crippen LogP contribution in [0, 0.1) is 0 Å². The van der Waals surface area contributed by atoms with Crippen molar-refractivity contribution in [3.63, 3.8) is 0 Å². The third kappa shape index (κ3) is 2.56. The summed E-state index contributed by atoms with van der Waals surface area (Å²) < 4.78 is 4.53. The molecule has 5 nitrogen and oxygen atoms in total. The van der Waals surface area contributed by atoms with Crippen molar-refractivity contribution in [2.45, 2.75) is 6.92 Å². The number of ether oxygens (including phenoxy) is 1. The summed E-state index contributed by atoms with van der Waals surface area (Å²) >= 11 is 0. The van der Waals surface area contributed by atoms with Gasteiger partial charge >= 0.3 is 5.97 Å². The molecule has 0 aliphatic heterocycles. The highest BCUT2D eigenvalue weighted by atomic mass is 16.5. The van der Waals surface area contributed by atoms with E-state index in [9.17, 15) is 9.59 Å². The lowest BCUT2D eigenvalue weighted by molar-refractivity contribution is 0.0593. The predicted octanol–water partition coefficient (Wildman–Crippen LogP) is 0.960. The second-order valence-electron chi connectivity index (χ2n) is 3.22. The van der Waals surface area contributed by atoms with Crippen molar-refractivity contribution in [2.75, 3.05) is 20.7 Å². The van der Waals surface area contributed by atoms with Crippen molar-refractivity contribution in [3.05, 3.63) is 29.6 Å². The Morgan fingerprint density at radius 1 is 1.38 bits per heavy atom. The number of amides is 1. The average Bonchev–Trinajstić information content (AvgIpc) is 2.36. The number of carbonyl (C=O) groups is 2. The van der Waals surface area contributed by atoms with Gasteiger partial charge in [0.05, 0.1) is 7.11 Å². The van der Waals surface area contributed by atoms with Crippen molar-refractivity contribution >= 4 is 11.9 Å². The molecule has 0 aliphatic carbocycles. The molecule has 1 heterocycles. The molecule has 0 fully saturated rings. The van der Waals surface area contributed by atoms with E-state index in [2.05, 4.69) is 9.72 Å². The number of rotatable bonds is 3. The molecule has 0 bridgehead atoms. The molecular weight excluding hydrogens is 208 g/mol. The Labute approximate surface area is 94.0 Å². The fourth-order valence-electron chi connectivity index (χ4n) is 1.11. The van der Waals surface area contributed by atoms with E-state index < -0.39 is 5.97 Å². The fourth-order valence-corrected chi connectivity index (χ4v) is 1.11. The number of aromatic nitrogens is 1. The van der Waals surface area contributed by atoms with E-state index in [1.54, 1.807) is 19.2 Å². The van der Waals surface area contributed by atoms with E-state index >= 15 is 0 Å². The monoisotopic (exact) mass is 222 g/mol. The molecule has 1 aromatic heterocycles. The maximum atomic E-state index is 11.8. The normalized spacial score (nSPS) is 9.69. The third-order valence-corrected chi connectivity index (χ3v) is 2.18. The van der Waals surface area contributed by atoms with Gasteiger partial charge in [0.25, 0.3) is 5.91 Å². The molecule has 1 rings (SSSR count). The van der Waals surface area contributed by atoms with Crippen LogP contribution in [0.25, 0.3) is 0 Å². The Morgan fingerprint density at radius 2 is 2.00 bits per heavy atom. The Morgan fingerprint density at radius 3 is 2.56 bits per heavy atom.